The number of hydrogen-bond donors (Lipinski definition) is 3. The van der Waals surface area contributed by atoms with Gasteiger partial charge in [-0.3, -0.25) is 5.43 Å². The Balaban J connectivity index is 1.79. The third-order valence-electron chi connectivity index (χ3n) is 3.43. The van der Waals surface area contributed by atoms with Crippen molar-refractivity contribution in [3.63, 3.8) is 0 Å². The lowest BCUT2D eigenvalue weighted by Gasteiger charge is -2.11. The van der Waals surface area contributed by atoms with Crippen molar-refractivity contribution in [1.29, 1.82) is 0 Å². The van der Waals surface area contributed by atoms with Crippen LogP contribution in [0.5, 0.6) is 0 Å². The summed E-state index contributed by atoms with van der Waals surface area (Å²) in [6.45, 7) is 0. The summed E-state index contributed by atoms with van der Waals surface area (Å²) in [5.41, 5.74) is 4.88. The highest BCUT2D eigenvalue weighted by atomic mass is 79.9. The van der Waals surface area contributed by atoms with Gasteiger partial charge in [-0.05, 0) is 29.0 Å². The van der Waals surface area contributed by atoms with Gasteiger partial charge in [0.05, 0.1) is 11.9 Å². The molecule has 3 rings (SSSR count). The van der Waals surface area contributed by atoms with Gasteiger partial charge < -0.3 is 5.21 Å². The number of quaternary nitrogens is 1. The average molecular weight is 372 g/mol. The summed E-state index contributed by atoms with van der Waals surface area (Å²) in [4.78, 5) is 0. The van der Waals surface area contributed by atoms with E-state index >= 15 is 0 Å². The maximum Gasteiger partial charge on any atom is 0.163 e. The molecule has 1 unspecified atom stereocenters. The molecule has 0 radical (unpaired) electrons. The van der Waals surface area contributed by atoms with Crippen molar-refractivity contribution in [2.45, 2.75) is 0 Å². The maximum atomic E-state index is 10.8. The van der Waals surface area contributed by atoms with E-state index < -0.39 is 5.23 Å². The molecule has 116 valence electrons. The van der Waals surface area contributed by atoms with Crippen LogP contribution in [0, 0.1) is 5.21 Å². The number of nitrogens with one attached hydrogen (secondary N) is 2. The van der Waals surface area contributed by atoms with E-state index in [2.05, 4.69) is 32.5 Å². The molecule has 0 aliphatic carbocycles. The molecule has 3 aromatic rings. The van der Waals surface area contributed by atoms with Crippen LogP contribution in [-0.4, -0.2) is 11.4 Å². The Morgan fingerprint density at radius 3 is 2.43 bits per heavy atom. The monoisotopic (exact) mass is 371 g/mol. The predicted molar refractivity (Wildman–Crippen MR) is 95.1 cm³/mol. The lowest BCUT2D eigenvalue weighted by atomic mass is 10.1. The number of fused-ring (bicyclic) bond motifs is 1. The fourth-order valence-electron chi connectivity index (χ4n) is 2.27. The van der Waals surface area contributed by atoms with Crippen LogP contribution in [-0.2, 0) is 0 Å². The second kappa shape index (κ2) is 6.89. The molecule has 6 heteroatoms. The molecule has 5 nitrogen and oxygen atoms in total. The number of rotatable bonds is 4. The zero-order chi connectivity index (χ0) is 16.2. The van der Waals surface area contributed by atoms with Gasteiger partial charge in [-0.25, -0.2) is 5.21 Å². The molecular formula is C17H14BrN3O2. The van der Waals surface area contributed by atoms with Gasteiger partial charge in [0.25, 0.3) is 0 Å². The van der Waals surface area contributed by atoms with E-state index in [0.717, 1.165) is 26.5 Å². The van der Waals surface area contributed by atoms with Crippen molar-refractivity contribution in [3.8, 4) is 0 Å². The Hall–Kier alpha value is -2.25. The first-order chi connectivity index (χ1) is 11.1. The van der Waals surface area contributed by atoms with Crippen LogP contribution in [0.25, 0.3) is 10.8 Å². The van der Waals surface area contributed by atoms with E-state index in [9.17, 15) is 5.21 Å². The van der Waals surface area contributed by atoms with Crippen LogP contribution in [0.2, 0.25) is 0 Å². The molecule has 0 saturated heterocycles. The summed E-state index contributed by atoms with van der Waals surface area (Å²) < 4.78 is 1.04. The molecule has 0 spiro atoms. The normalized spacial score (nSPS) is 12.7. The summed E-state index contributed by atoms with van der Waals surface area (Å²) in [6, 6.07) is 18.5. The number of halogens is 1. The van der Waals surface area contributed by atoms with E-state index in [-0.39, 0.29) is 5.69 Å². The second-order valence-corrected chi connectivity index (χ2v) is 5.79. The molecule has 23 heavy (non-hydrogen) atoms. The first-order valence-corrected chi connectivity index (χ1v) is 7.74. The molecule has 0 saturated carbocycles. The molecule has 3 aromatic carbocycles. The molecule has 1 atom stereocenters. The minimum atomic E-state index is -0.943. The van der Waals surface area contributed by atoms with Crippen LogP contribution in [0.4, 0.5) is 11.4 Å². The van der Waals surface area contributed by atoms with E-state index in [1.807, 2.05) is 30.3 Å². The van der Waals surface area contributed by atoms with Gasteiger partial charge in [0.15, 0.2) is 5.69 Å². The van der Waals surface area contributed by atoms with Gasteiger partial charge in [-0.2, -0.15) is 10.3 Å². The smallest absolute Gasteiger partial charge is 0.163 e. The van der Waals surface area contributed by atoms with E-state index in [0.29, 0.717) is 0 Å². The highest BCUT2D eigenvalue weighted by Crippen LogP contribution is 2.25. The second-order valence-electron chi connectivity index (χ2n) is 4.93. The molecule has 0 aliphatic heterocycles. The van der Waals surface area contributed by atoms with Gasteiger partial charge in [0.1, 0.15) is 0 Å². The summed E-state index contributed by atoms with van der Waals surface area (Å²) >= 11 is 3.55. The van der Waals surface area contributed by atoms with Crippen LogP contribution in [0.15, 0.2) is 70.2 Å². The Bertz CT molecular complexity index is 848. The summed E-state index contributed by atoms with van der Waals surface area (Å²) in [5, 5.41) is 25.2. The third-order valence-corrected chi connectivity index (χ3v) is 4.12. The summed E-state index contributed by atoms with van der Waals surface area (Å²) in [5.74, 6) is 0. The quantitative estimate of drug-likeness (QED) is 0.485. The summed E-state index contributed by atoms with van der Waals surface area (Å²) in [7, 11) is 0. The molecular weight excluding hydrogens is 358 g/mol. The largest absolute Gasteiger partial charge is 0.595 e. The third kappa shape index (κ3) is 3.57. The van der Waals surface area contributed by atoms with Crippen molar-refractivity contribution in [2.75, 3.05) is 5.43 Å². The van der Waals surface area contributed by atoms with Gasteiger partial charge in [0, 0.05) is 22.2 Å². The highest BCUT2D eigenvalue weighted by Gasteiger charge is 2.01. The van der Waals surface area contributed by atoms with Crippen molar-refractivity contribution in [1.82, 2.24) is 0 Å². The van der Waals surface area contributed by atoms with Crippen molar-refractivity contribution in [3.05, 3.63) is 75.9 Å². The van der Waals surface area contributed by atoms with Gasteiger partial charge in [0.2, 0.25) is 0 Å². The molecule has 0 fully saturated rings. The number of hydrogen-bond acceptors (Lipinski definition) is 4. The molecule has 0 bridgehead atoms. The number of nitrogens with zero attached hydrogens (tertiary/aromatic N) is 1. The lowest BCUT2D eigenvalue weighted by Crippen LogP contribution is -2.99. The standard InChI is InChI=1S/C17H14BrN3O2/c18-17-6-2-4-15-12(3-1-5-16(15)17)11-19-20-13-7-9-14(10-8-13)21(22)23/h1-11,20-22H. The fraction of sp³-hybridized carbons (Fsp3) is 0. The minimum absolute atomic E-state index is 0.249. The van der Waals surface area contributed by atoms with E-state index in [1.165, 1.54) is 12.1 Å². The number of benzene rings is 3. The SMILES string of the molecule is [O-][NH+](O)c1ccc(NN=Cc2cccc3c(Br)cccc23)cc1. The van der Waals surface area contributed by atoms with Gasteiger partial charge in [-0.15, -0.1) is 0 Å². The van der Waals surface area contributed by atoms with Crippen LogP contribution < -0.4 is 10.7 Å². The molecule has 3 N–H and O–H groups in total. The summed E-state index contributed by atoms with van der Waals surface area (Å²) in [6.07, 6.45) is 1.75. The zero-order valence-electron chi connectivity index (χ0n) is 12.0. The van der Waals surface area contributed by atoms with Crippen molar-refractivity contribution in [2.24, 2.45) is 5.10 Å². The van der Waals surface area contributed by atoms with E-state index in [1.54, 1.807) is 18.3 Å². The Morgan fingerprint density at radius 2 is 1.70 bits per heavy atom. The fourth-order valence-corrected chi connectivity index (χ4v) is 2.77. The van der Waals surface area contributed by atoms with Crippen LogP contribution >= 0.6 is 15.9 Å². The van der Waals surface area contributed by atoms with Crippen LogP contribution in [0.1, 0.15) is 5.56 Å². The first-order valence-electron chi connectivity index (χ1n) is 6.95. The Morgan fingerprint density at radius 1 is 1.00 bits per heavy atom. The van der Waals surface area contributed by atoms with Gasteiger partial charge in [-0.1, -0.05) is 46.3 Å². The molecule has 0 amide bonds. The zero-order valence-corrected chi connectivity index (χ0v) is 13.6. The van der Waals surface area contributed by atoms with Crippen molar-refractivity contribution >= 4 is 44.3 Å². The van der Waals surface area contributed by atoms with Crippen LogP contribution in [0.3, 0.4) is 0 Å². The lowest BCUT2D eigenvalue weighted by molar-refractivity contribution is -0.991. The molecule has 0 heterocycles. The topological polar surface area (TPSA) is 72.1 Å². The number of anilines is 1. The highest BCUT2D eigenvalue weighted by molar-refractivity contribution is 9.10. The molecule has 0 aromatic heterocycles. The van der Waals surface area contributed by atoms with Crippen molar-refractivity contribution < 1.29 is 10.4 Å². The molecule has 0 aliphatic rings. The average Bonchev–Trinajstić information content (AvgIpc) is 2.56. The van der Waals surface area contributed by atoms with E-state index in [4.69, 9.17) is 5.21 Å². The minimum Gasteiger partial charge on any atom is -0.595 e. The Kier molecular flexibility index (Phi) is 4.68. The first kappa shape index (κ1) is 15.6. The Labute approximate surface area is 141 Å². The predicted octanol–water partition coefficient (Wildman–Crippen LogP) is 3.45. The van der Waals surface area contributed by atoms with Gasteiger partial charge >= 0.3 is 0 Å². The maximum absolute atomic E-state index is 10.8. The number of hydrazone groups is 1.